The number of ether oxygens (including phenoxy) is 2. The molecular weight excluding hydrogens is 379 g/mol. The lowest BCUT2D eigenvalue weighted by atomic mass is 10.2. The molecule has 7 nitrogen and oxygen atoms in total. The van der Waals surface area contributed by atoms with E-state index in [1.54, 1.807) is 31.4 Å². The summed E-state index contributed by atoms with van der Waals surface area (Å²) in [5.74, 6) is -1.49. The first-order chi connectivity index (χ1) is 13.0. The van der Waals surface area contributed by atoms with Gasteiger partial charge in [-0.15, -0.1) is 0 Å². The molecule has 1 N–H and O–H groups in total. The topological polar surface area (TPSA) is 86.2 Å². The van der Waals surface area contributed by atoms with Crippen LogP contribution in [0.5, 0.6) is 5.75 Å². The fourth-order valence-corrected chi connectivity index (χ4v) is 2.00. The molecule has 1 amide bonds. The maximum absolute atomic E-state index is 13.5. The number of rotatable bonds is 8. The highest BCUT2D eigenvalue weighted by Crippen LogP contribution is 2.18. The summed E-state index contributed by atoms with van der Waals surface area (Å²) in [4.78, 5) is 27.9. The number of nitrogens with zero attached hydrogens (tertiary/aromatic N) is 1. The standard InChI is InChI=1S/C18H16ClFN2O5/c1-25-14-5-2-12(3-6-14)9-21-27-11-18(24)26-10-17(23)22-16-7-4-13(19)8-15(16)20/h2-9H,10-11H2,1H3,(H,22,23)/b21-9-. The molecule has 0 radical (unpaired) electrons. The molecule has 0 aliphatic heterocycles. The second kappa shape index (κ2) is 10.1. The maximum atomic E-state index is 13.5. The van der Waals surface area contributed by atoms with Crippen molar-refractivity contribution < 1.29 is 28.3 Å². The minimum Gasteiger partial charge on any atom is -0.497 e. The van der Waals surface area contributed by atoms with Gasteiger partial charge in [0, 0.05) is 5.02 Å². The number of methoxy groups -OCH3 is 1. The highest BCUT2D eigenvalue weighted by Gasteiger charge is 2.11. The summed E-state index contributed by atoms with van der Waals surface area (Å²) >= 11 is 5.62. The number of hydrogen-bond donors (Lipinski definition) is 1. The van der Waals surface area contributed by atoms with Crippen LogP contribution >= 0.6 is 11.6 Å². The van der Waals surface area contributed by atoms with E-state index in [0.717, 1.165) is 11.6 Å². The molecule has 0 saturated carbocycles. The van der Waals surface area contributed by atoms with E-state index in [0.29, 0.717) is 5.75 Å². The largest absolute Gasteiger partial charge is 0.497 e. The molecule has 2 aromatic rings. The van der Waals surface area contributed by atoms with Gasteiger partial charge in [-0.1, -0.05) is 16.8 Å². The number of carbonyl (C=O) groups is 2. The van der Waals surface area contributed by atoms with Crippen molar-refractivity contribution in [3.63, 3.8) is 0 Å². The van der Waals surface area contributed by atoms with Crippen LogP contribution in [-0.4, -0.2) is 38.4 Å². The van der Waals surface area contributed by atoms with Gasteiger partial charge in [0.05, 0.1) is 19.0 Å². The summed E-state index contributed by atoms with van der Waals surface area (Å²) in [5.41, 5.74) is 0.675. The average Bonchev–Trinajstić information content (AvgIpc) is 2.66. The first kappa shape index (κ1) is 20.2. The first-order valence-electron chi connectivity index (χ1n) is 7.68. The van der Waals surface area contributed by atoms with Gasteiger partial charge in [-0.3, -0.25) is 4.79 Å². The predicted molar refractivity (Wildman–Crippen MR) is 97.5 cm³/mol. The monoisotopic (exact) mass is 394 g/mol. The van der Waals surface area contributed by atoms with Gasteiger partial charge in [-0.25, -0.2) is 9.18 Å². The Morgan fingerprint density at radius 2 is 1.93 bits per heavy atom. The molecule has 0 aliphatic carbocycles. The predicted octanol–water partition coefficient (Wildman–Crippen LogP) is 3.02. The molecule has 2 aromatic carbocycles. The number of benzene rings is 2. The molecular formula is C18H16ClFN2O5. The normalized spacial score (nSPS) is 10.5. The Labute approximate surface area is 159 Å². The van der Waals surface area contributed by atoms with Gasteiger partial charge in [0.25, 0.3) is 5.91 Å². The van der Waals surface area contributed by atoms with E-state index in [1.165, 1.54) is 18.3 Å². The Morgan fingerprint density at radius 1 is 1.19 bits per heavy atom. The molecule has 9 heteroatoms. The molecule has 0 atom stereocenters. The van der Waals surface area contributed by atoms with Gasteiger partial charge >= 0.3 is 5.97 Å². The van der Waals surface area contributed by atoms with Crippen LogP contribution in [0.3, 0.4) is 0 Å². The summed E-state index contributed by atoms with van der Waals surface area (Å²) < 4.78 is 23.3. The van der Waals surface area contributed by atoms with E-state index in [4.69, 9.17) is 25.9 Å². The van der Waals surface area contributed by atoms with Gasteiger partial charge in [0.15, 0.2) is 6.61 Å². The second-order valence-corrected chi connectivity index (χ2v) is 5.55. The van der Waals surface area contributed by atoms with Crippen LogP contribution in [0.2, 0.25) is 5.02 Å². The lowest BCUT2D eigenvalue weighted by Gasteiger charge is -2.07. The summed E-state index contributed by atoms with van der Waals surface area (Å²) in [6.45, 7) is -1.07. The maximum Gasteiger partial charge on any atom is 0.347 e. The average molecular weight is 395 g/mol. The van der Waals surface area contributed by atoms with Gasteiger partial charge in [0.1, 0.15) is 11.6 Å². The fraction of sp³-hybridized carbons (Fsp3) is 0.167. The molecule has 0 bridgehead atoms. The van der Waals surface area contributed by atoms with Crippen molar-refractivity contribution in [3.05, 3.63) is 58.9 Å². The highest BCUT2D eigenvalue weighted by molar-refractivity contribution is 6.30. The molecule has 0 fully saturated rings. The number of oxime groups is 1. The van der Waals surface area contributed by atoms with E-state index in [9.17, 15) is 14.0 Å². The van der Waals surface area contributed by atoms with Crippen LogP contribution in [0, 0.1) is 5.82 Å². The molecule has 0 unspecified atom stereocenters. The summed E-state index contributed by atoms with van der Waals surface area (Å²) in [5, 5.41) is 6.08. The third-order valence-electron chi connectivity index (χ3n) is 3.14. The van der Waals surface area contributed by atoms with Crippen molar-refractivity contribution in [2.45, 2.75) is 0 Å². The smallest absolute Gasteiger partial charge is 0.347 e. The summed E-state index contributed by atoms with van der Waals surface area (Å²) in [6.07, 6.45) is 1.41. The van der Waals surface area contributed by atoms with Crippen LogP contribution in [0.1, 0.15) is 5.56 Å². The lowest BCUT2D eigenvalue weighted by molar-refractivity contribution is -0.151. The molecule has 0 aromatic heterocycles. The molecule has 0 saturated heterocycles. The van der Waals surface area contributed by atoms with Crippen molar-refractivity contribution in [2.75, 3.05) is 25.6 Å². The first-order valence-corrected chi connectivity index (χ1v) is 8.05. The lowest BCUT2D eigenvalue weighted by Crippen LogP contribution is -2.23. The van der Waals surface area contributed by atoms with Crippen LogP contribution in [0.25, 0.3) is 0 Å². The van der Waals surface area contributed by atoms with Gasteiger partial charge in [0.2, 0.25) is 6.61 Å². The van der Waals surface area contributed by atoms with Crippen molar-refractivity contribution in [2.24, 2.45) is 5.16 Å². The van der Waals surface area contributed by atoms with Crippen LogP contribution in [0.15, 0.2) is 47.6 Å². The summed E-state index contributed by atoms with van der Waals surface area (Å²) in [6, 6.07) is 10.8. The third-order valence-corrected chi connectivity index (χ3v) is 3.38. The molecule has 0 spiro atoms. The van der Waals surface area contributed by atoms with E-state index in [1.807, 2.05) is 0 Å². The second-order valence-electron chi connectivity index (χ2n) is 5.11. The molecule has 0 heterocycles. The number of esters is 1. The fourth-order valence-electron chi connectivity index (χ4n) is 1.84. The number of hydrogen-bond acceptors (Lipinski definition) is 6. The zero-order chi connectivity index (χ0) is 19.6. The Kier molecular flexibility index (Phi) is 7.57. The van der Waals surface area contributed by atoms with Crippen molar-refractivity contribution in [1.82, 2.24) is 0 Å². The van der Waals surface area contributed by atoms with E-state index >= 15 is 0 Å². The van der Waals surface area contributed by atoms with Gasteiger partial charge < -0.3 is 19.6 Å². The SMILES string of the molecule is COc1ccc(/C=N\OCC(=O)OCC(=O)Nc2ccc(Cl)cc2F)cc1. The van der Waals surface area contributed by atoms with E-state index < -0.39 is 30.9 Å². The number of amides is 1. The highest BCUT2D eigenvalue weighted by atomic mass is 35.5. The van der Waals surface area contributed by atoms with Crippen molar-refractivity contribution >= 4 is 35.4 Å². The Bertz CT molecular complexity index is 827. The molecule has 2 rings (SSSR count). The van der Waals surface area contributed by atoms with E-state index in [2.05, 4.69) is 10.5 Å². The Balaban J connectivity index is 1.69. The Hall–Kier alpha value is -3.13. The molecule has 0 aliphatic rings. The summed E-state index contributed by atoms with van der Waals surface area (Å²) in [7, 11) is 1.56. The zero-order valence-electron chi connectivity index (χ0n) is 14.3. The molecule has 142 valence electrons. The number of halogens is 2. The number of anilines is 1. The van der Waals surface area contributed by atoms with Crippen molar-refractivity contribution in [3.8, 4) is 5.75 Å². The van der Waals surface area contributed by atoms with Gasteiger partial charge in [-0.05, 0) is 48.0 Å². The third kappa shape index (κ3) is 6.95. The van der Waals surface area contributed by atoms with Crippen LogP contribution in [-0.2, 0) is 19.2 Å². The number of carbonyl (C=O) groups excluding carboxylic acids is 2. The number of nitrogens with one attached hydrogen (secondary N) is 1. The minimum absolute atomic E-state index is 0.0687. The quantitative estimate of drug-likeness (QED) is 0.422. The Morgan fingerprint density at radius 3 is 2.59 bits per heavy atom. The van der Waals surface area contributed by atoms with Gasteiger partial charge in [-0.2, -0.15) is 0 Å². The van der Waals surface area contributed by atoms with Crippen LogP contribution in [0.4, 0.5) is 10.1 Å². The molecule has 27 heavy (non-hydrogen) atoms. The van der Waals surface area contributed by atoms with Crippen LogP contribution < -0.4 is 10.1 Å². The van der Waals surface area contributed by atoms with Crippen molar-refractivity contribution in [1.29, 1.82) is 0 Å². The minimum atomic E-state index is -0.798. The van der Waals surface area contributed by atoms with E-state index in [-0.39, 0.29) is 10.7 Å². The zero-order valence-corrected chi connectivity index (χ0v) is 15.0.